The van der Waals surface area contributed by atoms with Crippen molar-refractivity contribution in [3.8, 4) is 0 Å². The maximum absolute atomic E-state index is 4.20. The van der Waals surface area contributed by atoms with Gasteiger partial charge in [-0.05, 0) is 43.7 Å². The average molecular weight is 269 g/mol. The highest BCUT2D eigenvalue weighted by Gasteiger charge is 2.24. The number of hydrogen-bond acceptors (Lipinski definition) is 3. The van der Waals surface area contributed by atoms with Crippen LogP contribution in [0, 0.1) is 0 Å². The van der Waals surface area contributed by atoms with E-state index in [4.69, 9.17) is 0 Å². The van der Waals surface area contributed by atoms with Crippen LogP contribution in [0.5, 0.6) is 0 Å². The Hall–Kier alpha value is -1.45. The highest BCUT2D eigenvalue weighted by atomic mass is 15.5. The first-order chi connectivity index (χ1) is 9.75. The van der Waals surface area contributed by atoms with E-state index in [9.17, 15) is 0 Å². The van der Waals surface area contributed by atoms with Gasteiger partial charge < -0.3 is 0 Å². The van der Waals surface area contributed by atoms with E-state index in [1.165, 1.54) is 35.6 Å². The molecule has 1 N–H and O–H groups in total. The molecule has 1 saturated heterocycles. The van der Waals surface area contributed by atoms with Gasteiger partial charge in [-0.1, -0.05) is 24.6 Å². The molecule has 3 heteroatoms. The van der Waals surface area contributed by atoms with Crippen LogP contribution < -0.4 is 5.43 Å². The van der Waals surface area contributed by atoms with Gasteiger partial charge in [0.25, 0.3) is 0 Å². The molecule has 3 rings (SSSR count). The van der Waals surface area contributed by atoms with E-state index in [2.05, 4.69) is 53.5 Å². The third kappa shape index (κ3) is 2.69. The summed E-state index contributed by atoms with van der Waals surface area (Å²) >= 11 is 0. The Bertz CT molecular complexity index is 566. The van der Waals surface area contributed by atoms with E-state index in [0.29, 0.717) is 12.1 Å². The van der Waals surface area contributed by atoms with Gasteiger partial charge in [-0.25, -0.2) is 5.01 Å². The minimum Gasteiger partial charge on any atom is -0.264 e. The monoisotopic (exact) mass is 269 g/mol. The standard InChI is InChI=1S/C17H23N3/c1-13-5-3-6-14(2)20(13)19-12-16-8-4-7-15-11-18-10-9-17(15)16/h4,7-11,13-14,19H,3,5-6,12H2,1-2H3. The molecule has 0 saturated carbocycles. The zero-order chi connectivity index (χ0) is 13.9. The first-order valence-electron chi connectivity index (χ1n) is 7.59. The topological polar surface area (TPSA) is 28.2 Å². The Labute approximate surface area is 121 Å². The molecule has 1 aromatic heterocycles. The zero-order valence-corrected chi connectivity index (χ0v) is 12.3. The Balaban J connectivity index is 1.76. The Morgan fingerprint density at radius 1 is 1.20 bits per heavy atom. The summed E-state index contributed by atoms with van der Waals surface area (Å²) in [5, 5.41) is 4.95. The number of benzene rings is 1. The molecule has 0 bridgehead atoms. The number of aromatic nitrogens is 1. The molecule has 3 nitrogen and oxygen atoms in total. The average Bonchev–Trinajstić information content (AvgIpc) is 2.47. The number of hydrazine groups is 1. The van der Waals surface area contributed by atoms with Crippen LogP contribution in [-0.2, 0) is 6.54 Å². The molecular formula is C17H23N3. The quantitative estimate of drug-likeness (QED) is 0.924. The number of pyridine rings is 1. The van der Waals surface area contributed by atoms with Gasteiger partial charge in [0.1, 0.15) is 0 Å². The van der Waals surface area contributed by atoms with Crippen LogP contribution >= 0.6 is 0 Å². The zero-order valence-electron chi connectivity index (χ0n) is 12.3. The fraction of sp³-hybridized carbons (Fsp3) is 0.471. The van der Waals surface area contributed by atoms with Crippen LogP contribution in [-0.4, -0.2) is 22.1 Å². The van der Waals surface area contributed by atoms with Gasteiger partial charge >= 0.3 is 0 Å². The normalized spacial score (nSPS) is 24.1. The summed E-state index contributed by atoms with van der Waals surface area (Å²) in [6.07, 6.45) is 7.73. The van der Waals surface area contributed by atoms with E-state index in [1.54, 1.807) is 0 Å². The lowest BCUT2D eigenvalue weighted by molar-refractivity contribution is 0.0437. The van der Waals surface area contributed by atoms with Crippen molar-refractivity contribution in [2.45, 2.75) is 51.7 Å². The number of nitrogens with zero attached hydrogens (tertiary/aromatic N) is 2. The molecular weight excluding hydrogens is 246 g/mol. The van der Waals surface area contributed by atoms with E-state index < -0.39 is 0 Å². The Morgan fingerprint density at radius 2 is 2.00 bits per heavy atom. The summed E-state index contributed by atoms with van der Waals surface area (Å²) in [5.74, 6) is 0. The second-order valence-corrected chi connectivity index (χ2v) is 5.89. The van der Waals surface area contributed by atoms with Gasteiger partial charge in [0.15, 0.2) is 0 Å². The second-order valence-electron chi connectivity index (χ2n) is 5.89. The molecule has 0 radical (unpaired) electrons. The van der Waals surface area contributed by atoms with Crippen molar-refractivity contribution < 1.29 is 0 Å². The third-order valence-corrected chi connectivity index (χ3v) is 4.42. The molecule has 2 unspecified atom stereocenters. The van der Waals surface area contributed by atoms with Gasteiger partial charge in [0.2, 0.25) is 0 Å². The van der Waals surface area contributed by atoms with Crippen LogP contribution in [0.15, 0.2) is 36.7 Å². The molecule has 20 heavy (non-hydrogen) atoms. The van der Waals surface area contributed by atoms with Crippen LogP contribution in [0.4, 0.5) is 0 Å². The maximum atomic E-state index is 4.20. The molecule has 0 spiro atoms. The van der Waals surface area contributed by atoms with Crippen LogP contribution in [0.2, 0.25) is 0 Å². The summed E-state index contributed by atoms with van der Waals surface area (Å²) < 4.78 is 0. The van der Waals surface area contributed by atoms with Crippen LogP contribution in [0.1, 0.15) is 38.7 Å². The van der Waals surface area contributed by atoms with E-state index in [0.717, 1.165) is 6.54 Å². The smallest absolute Gasteiger partial charge is 0.0359 e. The maximum Gasteiger partial charge on any atom is 0.0359 e. The fourth-order valence-corrected chi connectivity index (χ4v) is 3.25. The van der Waals surface area contributed by atoms with Gasteiger partial charge in [0, 0.05) is 36.4 Å². The molecule has 1 aliphatic rings. The van der Waals surface area contributed by atoms with Crippen molar-refractivity contribution in [2.75, 3.05) is 0 Å². The molecule has 1 aliphatic heterocycles. The molecule has 2 aromatic rings. The van der Waals surface area contributed by atoms with Crippen molar-refractivity contribution >= 4 is 10.8 Å². The van der Waals surface area contributed by atoms with Crippen molar-refractivity contribution in [3.63, 3.8) is 0 Å². The largest absolute Gasteiger partial charge is 0.264 e. The lowest BCUT2D eigenvalue weighted by Gasteiger charge is -2.39. The summed E-state index contributed by atoms with van der Waals surface area (Å²) in [4.78, 5) is 4.20. The summed E-state index contributed by atoms with van der Waals surface area (Å²) in [7, 11) is 0. The molecule has 2 heterocycles. The van der Waals surface area contributed by atoms with Crippen LogP contribution in [0.3, 0.4) is 0 Å². The number of piperidine rings is 1. The first kappa shape index (κ1) is 13.5. The molecule has 0 amide bonds. The number of nitrogens with one attached hydrogen (secondary N) is 1. The number of rotatable bonds is 3. The van der Waals surface area contributed by atoms with E-state index >= 15 is 0 Å². The molecule has 2 atom stereocenters. The predicted octanol–water partition coefficient (Wildman–Crippen LogP) is 3.50. The lowest BCUT2D eigenvalue weighted by Crippen LogP contribution is -2.51. The SMILES string of the molecule is CC1CCCC(C)N1NCc1cccc2cnccc12. The van der Waals surface area contributed by atoms with Gasteiger partial charge in [-0.3, -0.25) is 10.4 Å². The van der Waals surface area contributed by atoms with Crippen LogP contribution in [0.25, 0.3) is 10.8 Å². The van der Waals surface area contributed by atoms with Crippen molar-refractivity contribution in [3.05, 3.63) is 42.2 Å². The minimum atomic E-state index is 0.621. The third-order valence-electron chi connectivity index (χ3n) is 4.42. The summed E-state index contributed by atoms with van der Waals surface area (Å²) in [6, 6.07) is 9.79. The van der Waals surface area contributed by atoms with Gasteiger partial charge in [0.05, 0.1) is 0 Å². The highest BCUT2D eigenvalue weighted by molar-refractivity contribution is 5.84. The molecule has 106 valence electrons. The predicted molar refractivity (Wildman–Crippen MR) is 83.2 cm³/mol. The van der Waals surface area contributed by atoms with Gasteiger partial charge in [-0.2, -0.15) is 0 Å². The highest BCUT2D eigenvalue weighted by Crippen LogP contribution is 2.22. The van der Waals surface area contributed by atoms with Crippen molar-refractivity contribution in [1.82, 2.24) is 15.4 Å². The lowest BCUT2D eigenvalue weighted by atomic mass is 10.00. The van der Waals surface area contributed by atoms with Crippen molar-refractivity contribution in [2.24, 2.45) is 0 Å². The molecule has 0 aliphatic carbocycles. The first-order valence-corrected chi connectivity index (χ1v) is 7.59. The molecule has 1 fully saturated rings. The number of hydrogen-bond donors (Lipinski definition) is 1. The number of fused-ring (bicyclic) bond motifs is 1. The van der Waals surface area contributed by atoms with Gasteiger partial charge in [-0.15, -0.1) is 0 Å². The second kappa shape index (κ2) is 5.90. The van der Waals surface area contributed by atoms with E-state index in [-0.39, 0.29) is 0 Å². The van der Waals surface area contributed by atoms with E-state index in [1.807, 2.05) is 12.4 Å². The summed E-state index contributed by atoms with van der Waals surface area (Å²) in [5.41, 5.74) is 4.98. The summed E-state index contributed by atoms with van der Waals surface area (Å²) in [6.45, 7) is 5.52. The fourth-order valence-electron chi connectivity index (χ4n) is 3.25. The van der Waals surface area contributed by atoms with Crippen molar-refractivity contribution in [1.29, 1.82) is 0 Å². The Morgan fingerprint density at radius 3 is 2.80 bits per heavy atom. The minimum absolute atomic E-state index is 0.621. The molecule has 1 aromatic carbocycles. The Kier molecular flexibility index (Phi) is 3.99.